The molecular weight excluding hydrogens is 252 g/mol. The van der Waals surface area contributed by atoms with Crippen LogP contribution in [0.4, 0.5) is 5.82 Å². The van der Waals surface area contributed by atoms with Crippen LogP contribution < -0.4 is 21.7 Å². The van der Waals surface area contributed by atoms with E-state index in [-0.39, 0.29) is 6.04 Å². The number of hydrogen-bond acceptors (Lipinski definition) is 5. The van der Waals surface area contributed by atoms with Crippen molar-refractivity contribution in [3.05, 3.63) is 53.7 Å². The lowest BCUT2D eigenvalue weighted by Crippen LogP contribution is -2.29. The van der Waals surface area contributed by atoms with Crippen LogP contribution in [0.2, 0.25) is 0 Å². The number of anilines is 1. The van der Waals surface area contributed by atoms with Crippen LogP contribution in [0.3, 0.4) is 0 Å². The number of nitrogens with zero attached hydrogens (tertiary/aromatic N) is 1. The molecule has 1 atom stereocenters. The molecule has 1 unspecified atom stereocenters. The van der Waals surface area contributed by atoms with E-state index in [0.29, 0.717) is 12.4 Å². The number of nitrogen functional groups attached to an aromatic ring is 1. The largest absolute Gasteiger partial charge is 0.494 e. The van der Waals surface area contributed by atoms with Gasteiger partial charge in [0.05, 0.1) is 12.6 Å². The molecule has 0 radical (unpaired) electrons. The van der Waals surface area contributed by atoms with Crippen molar-refractivity contribution >= 4 is 5.82 Å². The molecule has 0 saturated carbocycles. The van der Waals surface area contributed by atoms with Crippen LogP contribution in [0.25, 0.3) is 0 Å². The Morgan fingerprint density at radius 1 is 1.30 bits per heavy atom. The minimum Gasteiger partial charge on any atom is -0.494 e. The maximum absolute atomic E-state index is 5.70. The summed E-state index contributed by atoms with van der Waals surface area (Å²) in [6, 6.07) is 11.7. The highest BCUT2D eigenvalue weighted by Gasteiger charge is 2.11. The zero-order chi connectivity index (χ0) is 14.4. The van der Waals surface area contributed by atoms with Crippen LogP contribution in [0.5, 0.6) is 5.75 Å². The standard InChI is InChI=1S/C15H20N4O/c1-2-20-13-5-3-4-12(10-13)14(19-17)8-11-6-7-18-15(16)9-11/h3-7,9-10,14,19H,2,8,17H2,1H3,(H2,16,18). The molecule has 0 amide bonds. The number of benzene rings is 1. The predicted molar refractivity (Wildman–Crippen MR) is 80.0 cm³/mol. The maximum Gasteiger partial charge on any atom is 0.123 e. The first kappa shape index (κ1) is 14.3. The molecule has 2 aromatic rings. The molecule has 0 aliphatic rings. The summed E-state index contributed by atoms with van der Waals surface area (Å²) in [5.74, 6) is 7.04. The summed E-state index contributed by atoms with van der Waals surface area (Å²) in [5, 5.41) is 0. The van der Waals surface area contributed by atoms with Gasteiger partial charge in [0.1, 0.15) is 11.6 Å². The van der Waals surface area contributed by atoms with E-state index >= 15 is 0 Å². The molecule has 106 valence electrons. The molecule has 5 nitrogen and oxygen atoms in total. The number of hydrogen-bond donors (Lipinski definition) is 3. The molecule has 0 fully saturated rings. The van der Waals surface area contributed by atoms with Gasteiger partial charge in [-0.3, -0.25) is 11.3 Å². The Kier molecular flexibility index (Phi) is 4.92. The van der Waals surface area contributed by atoms with Gasteiger partial charge in [-0.05, 0) is 48.7 Å². The topological polar surface area (TPSA) is 86.2 Å². The Bertz CT molecular complexity index is 559. The number of aromatic nitrogens is 1. The van der Waals surface area contributed by atoms with Gasteiger partial charge in [-0.25, -0.2) is 4.98 Å². The molecule has 0 aliphatic heterocycles. The molecule has 0 saturated heterocycles. The summed E-state index contributed by atoms with van der Waals surface area (Å²) in [6.45, 7) is 2.61. The zero-order valence-corrected chi connectivity index (χ0v) is 11.5. The molecule has 0 aliphatic carbocycles. The van der Waals surface area contributed by atoms with E-state index in [1.54, 1.807) is 6.20 Å². The zero-order valence-electron chi connectivity index (χ0n) is 11.5. The van der Waals surface area contributed by atoms with E-state index < -0.39 is 0 Å². The molecule has 0 bridgehead atoms. The number of rotatable bonds is 6. The summed E-state index contributed by atoms with van der Waals surface area (Å²) in [4.78, 5) is 3.99. The highest BCUT2D eigenvalue weighted by atomic mass is 16.5. The molecule has 5 heteroatoms. The van der Waals surface area contributed by atoms with E-state index in [9.17, 15) is 0 Å². The lowest BCUT2D eigenvalue weighted by Gasteiger charge is -2.17. The fourth-order valence-corrected chi connectivity index (χ4v) is 2.12. The van der Waals surface area contributed by atoms with Crippen molar-refractivity contribution in [1.82, 2.24) is 10.4 Å². The number of hydrazine groups is 1. The van der Waals surface area contributed by atoms with E-state index in [2.05, 4.69) is 10.4 Å². The molecule has 1 heterocycles. The lowest BCUT2D eigenvalue weighted by molar-refractivity contribution is 0.339. The van der Waals surface area contributed by atoms with Gasteiger partial charge in [-0.15, -0.1) is 0 Å². The summed E-state index contributed by atoms with van der Waals surface area (Å²) >= 11 is 0. The van der Waals surface area contributed by atoms with Crippen LogP contribution in [-0.2, 0) is 6.42 Å². The van der Waals surface area contributed by atoms with Crippen molar-refractivity contribution in [2.24, 2.45) is 5.84 Å². The Labute approximate surface area is 118 Å². The minimum atomic E-state index is -0.00259. The van der Waals surface area contributed by atoms with Crippen molar-refractivity contribution in [3.8, 4) is 5.75 Å². The van der Waals surface area contributed by atoms with Gasteiger partial charge in [0, 0.05) is 6.20 Å². The molecular formula is C15H20N4O. The maximum atomic E-state index is 5.70. The number of nitrogens with one attached hydrogen (secondary N) is 1. The van der Waals surface area contributed by atoms with Crippen LogP contribution in [0.15, 0.2) is 42.6 Å². The van der Waals surface area contributed by atoms with Gasteiger partial charge >= 0.3 is 0 Å². The Morgan fingerprint density at radius 3 is 2.85 bits per heavy atom. The summed E-state index contributed by atoms with van der Waals surface area (Å²) in [5.41, 5.74) is 10.7. The molecule has 0 spiro atoms. The Hall–Kier alpha value is -2.11. The average Bonchev–Trinajstić information content (AvgIpc) is 2.45. The predicted octanol–water partition coefficient (Wildman–Crippen LogP) is 1.81. The summed E-state index contributed by atoms with van der Waals surface area (Å²) in [7, 11) is 0. The summed E-state index contributed by atoms with van der Waals surface area (Å²) in [6.07, 6.45) is 2.44. The molecule has 20 heavy (non-hydrogen) atoms. The Morgan fingerprint density at radius 2 is 2.15 bits per heavy atom. The van der Waals surface area contributed by atoms with Crippen molar-refractivity contribution in [1.29, 1.82) is 0 Å². The van der Waals surface area contributed by atoms with Gasteiger partial charge in [-0.2, -0.15) is 0 Å². The fraction of sp³-hybridized carbons (Fsp3) is 0.267. The first-order valence-electron chi connectivity index (χ1n) is 6.62. The minimum absolute atomic E-state index is 0.00259. The van der Waals surface area contributed by atoms with Crippen molar-refractivity contribution in [3.63, 3.8) is 0 Å². The van der Waals surface area contributed by atoms with Crippen molar-refractivity contribution < 1.29 is 4.74 Å². The van der Waals surface area contributed by atoms with Crippen molar-refractivity contribution in [2.75, 3.05) is 12.3 Å². The third-order valence-corrected chi connectivity index (χ3v) is 3.06. The SMILES string of the molecule is CCOc1cccc(C(Cc2ccnc(N)c2)NN)c1. The van der Waals surface area contributed by atoms with Crippen LogP contribution in [0.1, 0.15) is 24.1 Å². The van der Waals surface area contributed by atoms with E-state index in [1.807, 2.05) is 43.3 Å². The number of nitrogens with two attached hydrogens (primary N) is 2. The van der Waals surface area contributed by atoms with E-state index in [4.69, 9.17) is 16.3 Å². The third kappa shape index (κ3) is 3.69. The van der Waals surface area contributed by atoms with Crippen molar-refractivity contribution in [2.45, 2.75) is 19.4 Å². The second-order valence-electron chi connectivity index (χ2n) is 4.52. The van der Waals surface area contributed by atoms with Gasteiger partial charge in [-0.1, -0.05) is 12.1 Å². The average molecular weight is 272 g/mol. The fourth-order valence-electron chi connectivity index (χ4n) is 2.12. The van der Waals surface area contributed by atoms with Crippen LogP contribution >= 0.6 is 0 Å². The monoisotopic (exact) mass is 272 g/mol. The smallest absolute Gasteiger partial charge is 0.123 e. The van der Waals surface area contributed by atoms with Gasteiger partial charge in [0.25, 0.3) is 0 Å². The van der Waals surface area contributed by atoms with Gasteiger partial charge < -0.3 is 10.5 Å². The first-order chi connectivity index (χ1) is 9.72. The second kappa shape index (κ2) is 6.88. The van der Waals surface area contributed by atoms with Crippen LogP contribution in [-0.4, -0.2) is 11.6 Å². The van der Waals surface area contributed by atoms with Crippen LogP contribution in [0, 0.1) is 0 Å². The molecule has 1 aromatic carbocycles. The highest BCUT2D eigenvalue weighted by Crippen LogP contribution is 2.22. The number of pyridine rings is 1. The third-order valence-electron chi connectivity index (χ3n) is 3.06. The normalized spacial score (nSPS) is 12.1. The molecule has 2 rings (SSSR count). The molecule has 5 N–H and O–H groups in total. The van der Waals surface area contributed by atoms with Gasteiger partial charge in [0.15, 0.2) is 0 Å². The first-order valence-corrected chi connectivity index (χ1v) is 6.62. The van der Waals surface area contributed by atoms with E-state index in [0.717, 1.165) is 23.3 Å². The van der Waals surface area contributed by atoms with Gasteiger partial charge in [0.2, 0.25) is 0 Å². The summed E-state index contributed by atoms with van der Waals surface area (Å²) < 4.78 is 5.51. The molecule has 1 aromatic heterocycles. The lowest BCUT2D eigenvalue weighted by atomic mass is 10.00. The Balaban J connectivity index is 2.17. The number of ether oxygens (including phenoxy) is 1. The second-order valence-corrected chi connectivity index (χ2v) is 4.52. The quantitative estimate of drug-likeness (QED) is 0.551. The highest BCUT2D eigenvalue weighted by molar-refractivity contribution is 5.35. The van der Waals surface area contributed by atoms with E-state index in [1.165, 1.54) is 0 Å².